The van der Waals surface area contributed by atoms with E-state index in [2.05, 4.69) is 10.1 Å². The molecule has 7 heteroatoms. The van der Waals surface area contributed by atoms with Gasteiger partial charge in [-0.2, -0.15) is 0 Å². The molecule has 1 heterocycles. The van der Waals surface area contributed by atoms with Gasteiger partial charge in [0.25, 0.3) is 0 Å². The SMILES string of the molecule is CC(C)(C)OC[C@H](O)CN(Cc1cccc(Cl)c1)C[C@H]1CC(c2ccccc2Cl)=NO1. The van der Waals surface area contributed by atoms with Gasteiger partial charge in [0.1, 0.15) is 6.10 Å². The molecule has 2 aromatic carbocycles. The lowest BCUT2D eigenvalue weighted by atomic mass is 10.0. The number of rotatable bonds is 9. The van der Waals surface area contributed by atoms with Gasteiger partial charge in [-0.1, -0.05) is 58.7 Å². The molecule has 2 atom stereocenters. The monoisotopic (exact) mass is 464 g/mol. The summed E-state index contributed by atoms with van der Waals surface area (Å²) in [6.07, 6.45) is -0.0883. The minimum absolute atomic E-state index is 0.124. The fourth-order valence-corrected chi connectivity index (χ4v) is 3.92. The molecular weight excluding hydrogens is 435 g/mol. The van der Waals surface area contributed by atoms with Crippen molar-refractivity contribution in [3.05, 3.63) is 69.7 Å². The van der Waals surface area contributed by atoms with Crippen molar-refractivity contribution in [3.8, 4) is 0 Å². The van der Waals surface area contributed by atoms with Crippen molar-refractivity contribution in [1.29, 1.82) is 0 Å². The normalized spacial score (nSPS) is 17.5. The predicted molar refractivity (Wildman–Crippen MR) is 126 cm³/mol. The van der Waals surface area contributed by atoms with Crippen molar-refractivity contribution in [3.63, 3.8) is 0 Å². The van der Waals surface area contributed by atoms with Crippen LogP contribution >= 0.6 is 23.2 Å². The van der Waals surface area contributed by atoms with E-state index in [9.17, 15) is 5.11 Å². The Morgan fingerprint density at radius 2 is 1.97 bits per heavy atom. The van der Waals surface area contributed by atoms with E-state index in [-0.39, 0.29) is 18.3 Å². The summed E-state index contributed by atoms with van der Waals surface area (Å²) in [4.78, 5) is 7.86. The Kier molecular flexibility index (Phi) is 8.36. The first-order valence-electron chi connectivity index (χ1n) is 10.5. The maximum Gasteiger partial charge on any atom is 0.145 e. The van der Waals surface area contributed by atoms with Gasteiger partial charge in [0, 0.05) is 41.7 Å². The highest BCUT2D eigenvalue weighted by molar-refractivity contribution is 6.34. The Morgan fingerprint density at radius 1 is 1.19 bits per heavy atom. The van der Waals surface area contributed by atoms with Crippen LogP contribution in [0.4, 0.5) is 0 Å². The average Bonchev–Trinajstić information content (AvgIpc) is 3.14. The maximum absolute atomic E-state index is 10.6. The summed E-state index contributed by atoms with van der Waals surface area (Å²) in [5, 5.41) is 16.2. The molecule has 168 valence electrons. The Balaban J connectivity index is 1.64. The van der Waals surface area contributed by atoms with E-state index < -0.39 is 6.10 Å². The highest BCUT2D eigenvalue weighted by Gasteiger charge is 2.27. The van der Waals surface area contributed by atoms with Crippen LogP contribution in [0.3, 0.4) is 0 Å². The summed E-state index contributed by atoms with van der Waals surface area (Å²) in [7, 11) is 0. The number of oxime groups is 1. The van der Waals surface area contributed by atoms with Crippen molar-refractivity contribution >= 4 is 28.9 Å². The second-order valence-corrected chi connectivity index (χ2v) is 9.69. The quantitative estimate of drug-likeness (QED) is 0.556. The third kappa shape index (κ3) is 7.78. The smallest absolute Gasteiger partial charge is 0.145 e. The molecule has 0 spiro atoms. The van der Waals surface area contributed by atoms with Crippen LogP contribution in [-0.4, -0.2) is 53.2 Å². The number of ether oxygens (including phenoxy) is 1. The number of halogens is 2. The molecule has 0 aromatic heterocycles. The van der Waals surface area contributed by atoms with E-state index in [0.717, 1.165) is 16.8 Å². The van der Waals surface area contributed by atoms with Crippen LogP contribution in [0, 0.1) is 0 Å². The molecule has 0 unspecified atom stereocenters. The lowest BCUT2D eigenvalue weighted by molar-refractivity contribution is -0.0600. The lowest BCUT2D eigenvalue weighted by Crippen LogP contribution is -2.40. The van der Waals surface area contributed by atoms with Gasteiger partial charge in [-0.15, -0.1) is 0 Å². The molecule has 2 aromatic rings. The van der Waals surface area contributed by atoms with Gasteiger partial charge < -0.3 is 14.7 Å². The maximum atomic E-state index is 10.6. The van der Waals surface area contributed by atoms with Gasteiger partial charge in [0.15, 0.2) is 0 Å². The summed E-state index contributed by atoms with van der Waals surface area (Å²) < 4.78 is 5.75. The zero-order valence-electron chi connectivity index (χ0n) is 18.2. The van der Waals surface area contributed by atoms with Crippen LogP contribution in [0.25, 0.3) is 0 Å². The number of aliphatic hydroxyl groups is 1. The van der Waals surface area contributed by atoms with Crippen LogP contribution in [-0.2, 0) is 16.1 Å². The van der Waals surface area contributed by atoms with Gasteiger partial charge in [-0.25, -0.2) is 0 Å². The Hall–Kier alpha value is -1.63. The summed E-state index contributed by atoms with van der Waals surface area (Å²) in [5.41, 5.74) is 2.51. The molecule has 5 nitrogen and oxygen atoms in total. The molecule has 0 bridgehead atoms. The number of hydrogen-bond acceptors (Lipinski definition) is 5. The lowest BCUT2D eigenvalue weighted by Gasteiger charge is -2.28. The van der Waals surface area contributed by atoms with E-state index in [1.54, 1.807) is 0 Å². The summed E-state index contributed by atoms with van der Waals surface area (Å²) in [5.74, 6) is 0. The molecule has 31 heavy (non-hydrogen) atoms. The van der Waals surface area contributed by atoms with Gasteiger partial charge >= 0.3 is 0 Å². The van der Waals surface area contributed by atoms with Crippen LogP contribution in [0.15, 0.2) is 53.7 Å². The third-order valence-electron chi connectivity index (χ3n) is 4.85. The second kappa shape index (κ2) is 10.8. The van der Waals surface area contributed by atoms with Crippen LogP contribution in [0.5, 0.6) is 0 Å². The average molecular weight is 465 g/mol. The van der Waals surface area contributed by atoms with Gasteiger partial charge in [-0.05, 0) is 44.5 Å². The molecule has 0 saturated carbocycles. The van der Waals surface area contributed by atoms with E-state index in [4.69, 9.17) is 32.8 Å². The van der Waals surface area contributed by atoms with Crippen molar-refractivity contribution in [2.75, 3.05) is 19.7 Å². The first kappa shape index (κ1) is 24.0. The minimum atomic E-state index is -0.622. The Morgan fingerprint density at radius 3 is 2.68 bits per heavy atom. The Bertz CT molecular complexity index is 898. The zero-order chi connectivity index (χ0) is 22.4. The number of aliphatic hydroxyl groups excluding tert-OH is 1. The van der Waals surface area contributed by atoms with E-state index in [1.165, 1.54) is 0 Å². The van der Waals surface area contributed by atoms with Crippen molar-refractivity contribution in [2.45, 2.75) is 51.5 Å². The van der Waals surface area contributed by atoms with Gasteiger partial charge in [0.2, 0.25) is 0 Å². The number of nitrogens with zero attached hydrogens (tertiary/aromatic N) is 2. The van der Waals surface area contributed by atoms with E-state index >= 15 is 0 Å². The molecule has 0 aliphatic carbocycles. The molecule has 1 aliphatic heterocycles. The van der Waals surface area contributed by atoms with Gasteiger partial charge in [0.05, 0.1) is 24.0 Å². The third-order valence-corrected chi connectivity index (χ3v) is 5.42. The largest absolute Gasteiger partial charge is 0.390 e. The first-order valence-corrected chi connectivity index (χ1v) is 11.2. The van der Waals surface area contributed by atoms with Crippen LogP contribution < -0.4 is 0 Å². The van der Waals surface area contributed by atoms with E-state index in [1.807, 2.05) is 69.3 Å². The topological polar surface area (TPSA) is 54.3 Å². The standard InChI is InChI=1S/C24H30Cl2N2O3/c1-24(2,3)30-16-19(29)14-28(13-17-7-6-8-18(25)11-17)15-20-12-23(27-31-20)21-9-4-5-10-22(21)26/h4-11,19-20,29H,12-16H2,1-3H3/t19-,20-/m1/s1. The summed E-state index contributed by atoms with van der Waals surface area (Å²) in [6.45, 7) is 7.88. The summed E-state index contributed by atoms with van der Waals surface area (Å²) in [6, 6.07) is 15.4. The highest BCUT2D eigenvalue weighted by Crippen LogP contribution is 2.24. The molecular formula is C24H30Cl2N2O3. The summed E-state index contributed by atoms with van der Waals surface area (Å²) >= 11 is 12.5. The zero-order valence-corrected chi connectivity index (χ0v) is 19.7. The Labute approximate surface area is 194 Å². The fraction of sp³-hybridized carbons (Fsp3) is 0.458. The van der Waals surface area contributed by atoms with Crippen LogP contribution in [0.2, 0.25) is 10.0 Å². The highest BCUT2D eigenvalue weighted by atomic mass is 35.5. The molecule has 0 amide bonds. The minimum Gasteiger partial charge on any atom is -0.390 e. The molecule has 0 fully saturated rings. The first-order chi connectivity index (χ1) is 14.7. The van der Waals surface area contributed by atoms with E-state index in [0.29, 0.717) is 36.1 Å². The molecule has 3 rings (SSSR count). The predicted octanol–water partition coefficient (Wildman–Crippen LogP) is 5.16. The number of hydrogen-bond donors (Lipinski definition) is 1. The van der Waals surface area contributed by atoms with Crippen molar-refractivity contribution in [1.82, 2.24) is 4.90 Å². The molecule has 1 N–H and O–H groups in total. The van der Waals surface area contributed by atoms with Gasteiger partial charge in [-0.3, -0.25) is 4.90 Å². The second-order valence-electron chi connectivity index (χ2n) is 8.85. The number of benzene rings is 2. The molecule has 0 saturated heterocycles. The molecule has 1 aliphatic rings. The van der Waals surface area contributed by atoms with Crippen LogP contribution in [0.1, 0.15) is 38.3 Å². The van der Waals surface area contributed by atoms with Crippen molar-refractivity contribution < 1.29 is 14.7 Å². The molecule has 0 radical (unpaired) electrons. The van der Waals surface area contributed by atoms with Crippen molar-refractivity contribution in [2.24, 2.45) is 5.16 Å². The fourth-order valence-electron chi connectivity index (χ4n) is 3.46.